The van der Waals surface area contributed by atoms with Gasteiger partial charge >= 0.3 is 0 Å². The topological polar surface area (TPSA) is 137 Å². The summed E-state index contributed by atoms with van der Waals surface area (Å²) >= 11 is 1.39. The molecule has 3 aromatic rings. The van der Waals surface area contributed by atoms with Crippen LogP contribution in [-0.2, 0) is 21.9 Å². The van der Waals surface area contributed by atoms with Crippen molar-refractivity contribution in [3.8, 4) is 16.8 Å². The second-order valence-corrected chi connectivity index (χ2v) is 12.6. The number of fused-ring (bicyclic) bond motifs is 1. The van der Waals surface area contributed by atoms with Crippen LogP contribution in [0.2, 0.25) is 0 Å². The number of aryl methyl sites for hydroxylation is 2. The van der Waals surface area contributed by atoms with Crippen LogP contribution >= 0.6 is 11.3 Å². The average Bonchev–Trinajstić information content (AvgIpc) is 3.34. The minimum Gasteiger partial charge on any atom is -0.366 e. The van der Waals surface area contributed by atoms with E-state index in [9.17, 15) is 18.5 Å². The normalized spacial score (nSPS) is 17.6. The lowest BCUT2D eigenvalue weighted by Crippen LogP contribution is -2.50. The average molecular weight is 529 g/mol. The molecule has 0 unspecified atom stereocenters. The summed E-state index contributed by atoms with van der Waals surface area (Å²) < 4.78 is 31.2. The van der Waals surface area contributed by atoms with Gasteiger partial charge in [-0.3, -0.25) is 9.48 Å². The number of carbonyl (C=O) groups is 1. The van der Waals surface area contributed by atoms with Crippen molar-refractivity contribution in [3.63, 3.8) is 0 Å². The first kappa shape index (κ1) is 24.6. The van der Waals surface area contributed by atoms with Gasteiger partial charge in [0.15, 0.2) is 5.01 Å². The molecular weight excluding hydrogens is 500 g/mol. The van der Waals surface area contributed by atoms with Crippen LogP contribution in [0.25, 0.3) is 21.6 Å². The molecule has 1 N–H and O–H groups in total. The number of rotatable bonds is 6. The first-order chi connectivity index (χ1) is 17.0. The number of piperazine rings is 1. The maximum absolute atomic E-state index is 13.4. The predicted octanol–water partition coefficient (Wildman–Crippen LogP) is 2.04. The lowest BCUT2D eigenvalue weighted by Gasteiger charge is -2.37. The van der Waals surface area contributed by atoms with Crippen LogP contribution in [0.1, 0.15) is 31.7 Å². The fraction of sp³-hybridized carbons (Fsp3) is 0.522. The highest BCUT2D eigenvalue weighted by molar-refractivity contribution is 7.89. The van der Waals surface area contributed by atoms with Gasteiger partial charge in [-0.25, -0.2) is 8.42 Å². The Morgan fingerprint density at radius 2 is 1.89 bits per heavy atom. The number of hydrogen-bond donors (Lipinski definition) is 1. The molecular formula is C23H28N8O3S2. The van der Waals surface area contributed by atoms with Crippen molar-refractivity contribution in [1.29, 1.82) is 5.26 Å². The fourth-order valence-electron chi connectivity index (χ4n) is 4.52. The van der Waals surface area contributed by atoms with E-state index in [2.05, 4.69) is 31.0 Å². The summed E-state index contributed by atoms with van der Waals surface area (Å²) in [5.74, 6) is 0.0358. The van der Waals surface area contributed by atoms with Crippen molar-refractivity contribution in [2.75, 3.05) is 31.1 Å². The Kier molecular flexibility index (Phi) is 6.01. The Labute approximate surface area is 213 Å². The smallest absolute Gasteiger partial charge is 0.242 e. The number of sulfonamides is 1. The zero-order valence-corrected chi connectivity index (χ0v) is 22.3. The van der Waals surface area contributed by atoms with Gasteiger partial charge in [0, 0.05) is 44.5 Å². The van der Waals surface area contributed by atoms with Crippen LogP contribution in [0.3, 0.4) is 0 Å². The summed E-state index contributed by atoms with van der Waals surface area (Å²) in [4.78, 5) is 16.5. The molecule has 1 aromatic carbocycles. The van der Waals surface area contributed by atoms with Gasteiger partial charge in [0.25, 0.3) is 0 Å². The summed E-state index contributed by atoms with van der Waals surface area (Å²) in [6.45, 7) is 7.85. The van der Waals surface area contributed by atoms with E-state index in [4.69, 9.17) is 0 Å². The SMILES string of the molecule is Cc1nnc(-c2nn(C)c3c(N4CCN(C(=O)C(C)C)CC4)cc(S(=O)(=O)NC4(C#N)CC4)cc23)s1. The molecule has 1 saturated carbocycles. The summed E-state index contributed by atoms with van der Waals surface area (Å²) in [6, 6.07) is 5.34. The van der Waals surface area contributed by atoms with Crippen LogP contribution in [0.15, 0.2) is 17.0 Å². The van der Waals surface area contributed by atoms with Crippen LogP contribution in [0.4, 0.5) is 5.69 Å². The largest absolute Gasteiger partial charge is 0.366 e. The lowest BCUT2D eigenvalue weighted by molar-refractivity contribution is -0.134. The third-order valence-corrected chi connectivity index (χ3v) is 9.01. The van der Waals surface area contributed by atoms with Crippen molar-refractivity contribution in [3.05, 3.63) is 17.1 Å². The van der Waals surface area contributed by atoms with Crippen LogP contribution in [0.5, 0.6) is 0 Å². The van der Waals surface area contributed by atoms with Gasteiger partial charge in [-0.1, -0.05) is 25.2 Å². The molecule has 5 rings (SSSR count). The number of benzene rings is 1. The third kappa shape index (κ3) is 4.33. The highest BCUT2D eigenvalue weighted by Crippen LogP contribution is 2.40. The van der Waals surface area contributed by atoms with Crippen molar-refractivity contribution < 1.29 is 13.2 Å². The van der Waals surface area contributed by atoms with Gasteiger partial charge in [0.2, 0.25) is 15.9 Å². The Bertz CT molecular complexity index is 1490. The third-order valence-electron chi connectivity index (χ3n) is 6.65. The molecule has 2 fully saturated rings. The Hall–Kier alpha value is -3.08. The summed E-state index contributed by atoms with van der Waals surface area (Å²) in [5.41, 5.74) is 1.02. The maximum Gasteiger partial charge on any atom is 0.242 e. The number of anilines is 1. The zero-order chi connectivity index (χ0) is 25.8. The molecule has 1 aliphatic carbocycles. The van der Waals surface area contributed by atoms with Crippen LogP contribution in [-0.4, -0.2) is 70.9 Å². The maximum atomic E-state index is 13.4. The number of carbonyl (C=O) groups excluding carboxylic acids is 1. The monoisotopic (exact) mass is 528 g/mol. The highest BCUT2D eigenvalue weighted by Gasteiger charge is 2.47. The first-order valence-electron chi connectivity index (χ1n) is 11.8. The fourth-order valence-corrected chi connectivity index (χ4v) is 6.64. The summed E-state index contributed by atoms with van der Waals surface area (Å²) in [7, 11) is -2.15. The summed E-state index contributed by atoms with van der Waals surface area (Å²) in [5, 5.41) is 24.5. The molecule has 1 amide bonds. The Balaban J connectivity index is 1.61. The van der Waals surface area contributed by atoms with Gasteiger partial charge in [-0.2, -0.15) is 15.1 Å². The second-order valence-electron chi connectivity index (χ2n) is 9.70. The van der Waals surface area contributed by atoms with Gasteiger partial charge in [-0.05, 0) is 31.9 Å². The molecule has 0 atom stereocenters. The van der Waals surface area contributed by atoms with Gasteiger partial charge in [0.05, 0.1) is 22.2 Å². The molecule has 13 heteroatoms. The van der Waals surface area contributed by atoms with E-state index >= 15 is 0 Å². The number of aromatic nitrogens is 4. The van der Waals surface area contributed by atoms with E-state index in [1.54, 1.807) is 16.8 Å². The van der Waals surface area contributed by atoms with E-state index < -0.39 is 15.6 Å². The van der Waals surface area contributed by atoms with Gasteiger partial charge < -0.3 is 9.80 Å². The number of amides is 1. The minimum atomic E-state index is -3.97. The van der Waals surface area contributed by atoms with E-state index in [0.29, 0.717) is 60.8 Å². The van der Waals surface area contributed by atoms with Gasteiger partial charge in [0.1, 0.15) is 16.2 Å². The predicted molar refractivity (Wildman–Crippen MR) is 136 cm³/mol. The quantitative estimate of drug-likeness (QED) is 0.513. The van der Waals surface area contributed by atoms with Crippen molar-refractivity contribution in [2.24, 2.45) is 13.0 Å². The number of hydrogen-bond acceptors (Lipinski definition) is 9. The molecule has 0 bridgehead atoms. The standard InChI is InChI=1S/C23H28N8O3S2/c1-14(2)22(32)31-9-7-30(8-10-31)18-12-16(36(33,34)28-23(13-24)5-6-23)11-17-19(27-29(4)20(17)18)21-26-25-15(3)35-21/h11-12,14,28H,5-10H2,1-4H3. The summed E-state index contributed by atoms with van der Waals surface area (Å²) in [6.07, 6.45) is 0.984. The molecule has 11 nitrogen and oxygen atoms in total. The van der Waals surface area contributed by atoms with E-state index in [0.717, 1.165) is 10.5 Å². The van der Waals surface area contributed by atoms with Crippen LogP contribution in [0, 0.1) is 24.2 Å². The molecule has 1 saturated heterocycles. The number of nitrogens with zero attached hydrogens (tertiary/aromatic N) is 7. The Morgan fingerprint density at radius 1 is 1.19 bits per heavy atom. The van der Waals surface area contributed by atoms with E-state index in [1.165, 1.54) is 11.3 Å². The zero-order valence-electron chi connectivity index (χ0n) is 20.6. The van der Waals surface area contributed by atoms with Crippen LogP contribution < -0.4 is 9.62 Å². The molecule has 36 heavy (non-hydrogen) atoms. The highest BCUT2D eigenvalue weighted by atomic mass is 32.2. The first-order valence-corrected chi connectivity index (χ1v) is 14.1. The van der Waals surface area contributed by atoms with Crippen molar-refractivity contribution in [2.45, 2.75) is 44.0 Å². The van der Waals surface area contributed by atoms with Crippen molar-refractivity contribution in [1.82, 2.24) is 29.6 Å². The van der Waals surface area contributed by atoms with E-state index in [1.807, 2.05) is 32.7 Å². The second kappa shape index (κ2) is 8.79. The molecule has 0 radical (unpaired) electrons. The van der Waals surface area contributed by atoms with E-state index in [-0.39, 0.29) is 16.7 Å². The molecule has 0 spiro atoms. The lowest BCUT2D eigenvalue weighted by atomic mass is 10.1. The molecule has 3 heterocycles. The van der Waals surface area contributed by atoms with Gasteiger partial charge in [-0.15, -0.1) is 10.2 Å². The molecule has 190 valence electrons. The molecule has 1 aliphatic heterocycles. The minimum absolute atomic E-state index is 0.0719. The van der Waals surface area contributed by atoms with Crippen molar-refractivity contribution >= 4 is 43.9 Å². The molecule has 2 aromatic heterocycles. The Morgan fingerprint density at radius 3 is 2.44 bits per heavy atom. The molecule has 2 aliphatic rings. The number of nitriles is 1. The number of nitrogens with one attached hydrogen (secondary N) is 1.